The van der Waals surface area contributed by atoms with E-state index >= 15 is 0 Å². The molecule has 3 fully saturated rings. The van der Waals surface area contributed by atoms with Crippen molar-refractivity contribution in [1.82, 2.24) is 0 Å². The second kappa shape index (κ2) is 9.45. The molecule has 0 spiro atoms. The Hall–Kier alpha value is -1.77. The Kier molecular flexibility index (Phi) is 6.52. The summed E-state index contributed by atoms with van der Waals surface area (Å²) in [5.41, 5.74) is 2.56. The maximum absolute atomic E-state index is 13.2. The third-order valence-electron chi connectivity index (χ3n) is 11.9. The first kappa shape index (κ1) is 25.5. The number of allylic oxidation sites excluding steroid dienone is 6. The number of fused-ring (bicyclic) bond motifs is 5. The van der Waals surface area contributed by atoms with E-state index in [2.05, 4.69) is 52.0 Å². The number of ether oxygens (including phenoxy) is 2. The van der Waals surface area contributed by atoms with Gasteiger partial charge in [-0.05, 0) is 120 Å². The lowest BCUT2D eigenvalue weighted by molar-refractivity contribution is -0.137. The fourth-order valence-electron chi connectivity index (χ4n) is 10.3. The van der Waals surface area contributed by atoms with Crippen molar-refractivity contribution < 1.29 is 14.3 Å². The molecular formula is C34H48O3. The van der Waals surface area contributed by atoms with Gasteiger partial charge in [0.05, 0.1) is 16.9 Å². The minimum atomic E-state index is -0.293. The van der Waals surface area contributed by atoms with Crippen molar-refractivity contribution in [3.05, 3.63) is 47.0 Å². The lowest BCUT2D eigenvalue weighted by Gasteiger charge is -2.60. The van der Waals surface area contributed by atoms with Gasteiger partial charge in [-0.1, -0.05) is 31.1 Å². The van der Waals surface area contributed by atoms with E-state index in [1.54, 1.807) is 0 Å². The van der Waals surface area contributed by atoms with E-state index < -0.39 is 0 Å². The first-order valence-electron chi connectivity index (χ1n) is 15.4. The number of hydrogen-bond acceptors (Lipinski definition) is 3. The van der Waals surface area contributed by atoms with Crippen molar-refractivity contribution >= 4 is 6.29 Å². The molecule has 0 N–H and O–H groups in total. The SMILES string of the molecule is CC=CC1(OC2=CCCC2)CC[C@H]2[C@@H]3CC(C)=C4C(C)C(OC5=CCCC5)CC[C@]4(C=O)[C@@H]3CC[C@@]21C. The molecule has 3 unspecified atom stereocenters. The Morgan fingerprint density at radius 1 is 0.973 bits per heavy atom. The van der Waals surface area contributed by atoms with Crippen molar-refractivity contribution in [2.45, 2.75) is 123 Å². The van der Waals surface area contributed by atoms with Crippen LogP contribution in [0.4, 0.5) is 0 Å². The monoisotopic (exact) mass is 504 g/mol. The third kappa shape index (κ3) is 3.76. The Balaban J connectivity index is 1.32. The number of hydrogen-bond donors (Lipinski definition) is 0. The van der Waals surface area contributed by atoms with Gasteiger partial charge in [0.15, 0.2) is 0 Å². The summed E-state index contributed by atoms with van der Waals surface area (Å²) in [4.78, 5) is 13.2. The van der Waals surface area contributed by atoms with E-state index in [9.17, 15) is 4.79 Å². The van der Waals surface area contributed by atoms with Gasteiger partial charge in [0.1, 0.15) is 18.0 Å². The first-order chi connectivity index (χ1) is 17.9. The molecule has 6 rings (SSSR count). The van der Waals surface area contributed by atoms with Crippen molar-refractivity contribution in [3.8, 4) is 0 Å². The minimum absolute atomic E-state index is 0.118. The van der Waals surface area contributed by atoms with Crippen LogP contribution >= 0.6 is 0 Å². The molecular weight excluding hydrogens is 456 g/mol. The van der Waals surface area contributed by atoms with Gasteiger partial charge in [0, 0.05) is 24.2 Å². The fourth-order valence-corrected chi connectivity index (χ4v) is 10.3. The number of rotatable bonds is 6. The summed E-state index contributed by atoms with van der Waals surface area (Å²) in [6.45, 7) is 9.37. The first-order valence-corrected chi connectivity index (χ1v) is 15.4. The lowest BCUT2D eigenvalue weighted by Crippen LogP contribution is -2.57. The van der Waals surface area contributed by atoms with Gasteiger partial charge in [-0.25, -0.2) is 0 Å². The summed E-state index contributed by atoms with van der Waals surface area (Å²) in [5, 5.41) is 0. The zero-order valence-electron chi connectivity index (χ0n) is 23.7. The van der Waals surface area contributed by atoms with Crippen molar-refractivity contribution in [2.75, 3.05) is 0 Å². The lowest BCUT2D eigenvalue weighted by atomic mass is 9.44. The highest BCUT2D eigenvalue weighted by atomic mass is 16.5. The summed E-state index contributed by atoms with van der Waals surface area (Å²) in [5.74, 6) is 4.37. The van der Waals surface area contributed by atoms with Crippen molar-refractivity contribution in [2.24, 2.45) is 34.5 Å². The molecule has 0 bridgehead atoms. The standard InChI is InChI=1S/C34H48O3/c1-5-17-34(37-26-12-8-9-13-26)20-15-28-27-21-23(2)31-24(3)30(36-25-10-6-7-11-25)16-19-33(31,22-35)29(27)14-18-32(28,34)4/h5,10,12,17,22,24,27-30H,6-9,11,13-16,18-21H2,1-4H3/t24?,27-,28-,29+,30?,32-,33-,34?/m0/s1. The van der Waals surface area contributed by atoms with Crippen LogP contribution in [-0.2, 0) is 14.3 Å². The zero-order valence-corrected chi connectivity index (χ0v) is 23.7. The maximum Gasteiger partial charge on any atom is 0.132 e. The molecule has 37 heavy (non-hydrogen) atoms. The Labute approximate surface area is 224 Å². The van der Waals surface area contributed by atoms with E-state index in [0.29, 0.717) is 23.7 Å². The van der Waals surface area contributed by atoms with Crippen LogP contribution in [0.2, 0.25) is 0 Å². The summed E-state index contributed by atoms with van der Waals surface area (Å²) >= 11 is 0. The van der Waals surface area contributed by atoms with Crippen LogP contribution in [0.1, 0.15) is 111 Å². The highest BCUT2D eigenvalue weighted by molar-refractivity contribution is 5.68. The molecule has 202 valence electrons. The van der Waals surface area contributed by atoms with Gasteiger partial charge in [0.25, 0.3) is 0 Å². The molecule has 3 nitrogen and oxygen atoms in total. The molecule has 8 atom stereocenters. The van der Waals surface area contributed by atoms with Crippen LogP contribution in [0.5, 0.6) is 0 Å². The van der Waals surface area contributed by atoms with Crippen LogP contribution in [0.25, 0.3) is 0 Å². The summed E-state index contributed by atoms with van der Waals surface area (Å²) in [7, 11) is 0. The van der Waals surface area contributed by atoms with E-state index in [4.69, 9.17) is 9.47 Å². The topological polar surface area (TPSA) is 35.5 Å². The van der Waals surface area contributed by atoms with E-state index in [0.717, 1.165) is 64.2 Å². The molecule has 6 aliphatic rings. The van der Waals surface area contributed by atoms with Crippen LogP contribution in [-0.4, -0.2) is 18.0 Å². The second-order valence-corrected chi connectivity index (χ2v) is 13.5. The Morgan fingerprint density at radius 2 is 1.70 bits per heavy atom. The van der Waals surface area contributed by atoms with Gasteiger partial charge in [0.2, 0.25) is 0 Å². The number of carbonyl (C=O) groups excluding carboxylic acids is 1. The average molecular weight is 505 g/mol. The summed E-state index contributed by atoms with van der Waals surface area (Å²) < 4.78 is 13.6. The molecule has 0 aromatic rings. The fraction of sp³-hybridized carbons (Fsp3) is 0.735. The zero-order chi connectivity index (χ0) is 25.8. The van der Waals surface area contributed by atoms with Gasteiger partial charge >= 0.3 is 0 Å². The molecule has 0 amide bonds. The predicted octanol–water partition coefficient (Wildman–Crippen LogP) is 8.62. The van der Waals surface area contributed by atoms with Crippen LogP contribution in [0.3, 0.4) is 0 Å². The molecule has 0 radical (unpaired) electrons. The molecule has 3 heteroatoms. The van der Waals surface area contributed by atoms with E-state index in [1.165, 1.54) is 48.2 Å². The molecule has 0 aliphatic heterocycles. The van der Waals surface area contributed by atoms with Gasteiger partial charge in [-0.15, -0.1) is 0 Å². The molecule has 0 aromatic carbocycles. The Bertz CT molecular complexity index is 1050. The van der Waals surface area contributed by atoms with Gasteiger partial charge in [-0.2, -0.15) is 0 Å². The van der Waals surface area contributed by atoms with E-state index in [1.807, 2.05) is 0 Å². The molecule has 6 aliphatic carbocycles. The average Bonchev–Trinajstić information content (AvgIpc) is 3.64. The smallest absolute Gasteiger partial charge is 0.132 e. The van der Waals surface area contributed by atoms with Crippen LogP contribution in [0.15, 0.2) is 47.0 Å². The summed E-state index contributed by atoms with van der Waals surface area (Å²) in [6, 6.07) is 0. The second-order valence-electron chi connectivity index (χ2n) is 13.5. The molecule has 0 heterocycles. The summed E-state index contributed by atoms with van der Waals surface area (Å²) in [6.07, 6.45) is 25.5. The number of aldehydes is 1. The van der Waals surface area contributed by atoms with Gasteiger partial charge < -0.3 is 14.3 Å². The quantitative estimate of drug-likeness (QED) is 0.268. The predicted molar refractivity (Wildman–Crippen MR) is 149 cm³/mol. The molecule has 0 aromatic heterocycles. The normalized spacial score (nSPS) is 45.2. The Morgan fingerprint density at radius 3 is 2.38 bits per heavy atom. The minimum Gasteiger partial charge on any atom is -0.495 e. The largest absolute Gasteiger partial charge is 0.495 e. The highest BCUT2D eigenvalue weighted by Gasteiger charge is 2.66. The van der Waals surface area contributed by atoms with Crippen molar-refractivity contribution in [3.63, 3.8) is 0 Å². The van der Waals surface area contributed by atoms with Crippen LogP contribution in [0, 0.1) is 34.5 Å². The number of carbonyl (C=O) groups is 1. The third-order valence-corrected chi connectivity index (χ3v) is 11.9. The van der Waals surface area contributed by atoms with Gasteiger partial charge in [-0.3, -0.25) is 0 Å². The highest BCUT2D eigenvalue weighted by Crippen LogP contribution is 2.69. The van der Waals surface area contributed by atoms with Crippen molar-refractivity contribution in [1.29, 1.82) is 0 Å². The van der Waals surface area contributed by atoms with E-state index in [-0.39, 0.29) is 22.5 Å². The molecule has 3 saturated carbocycles. The van der Waals surface area contributed by atoms with Crippen LogP contribution < -0.4 is 0 Å². The maximum atomic E-state index is 13.2. The molecule has 0 saturated heterocycles.